The third-order valence-electron chi connectivity index (χ3n) is 6.18. The van der Waals surface area contributed by atoms with Crippen LogP contribution in [0.5, 0.6) is 0 Å². The molecule has 2 bridgehead atoms. The van der Waals surface area contributed by atoms with Gasteiger partial charge in [0, 0.05) is 31.5 Å². The number of nitrogens with zero attached hydrogens (tertiary/aromatic N) is 1. The molecule has 3 aliphatic heterocycles. The second kappa shape index (κ2) is 7.76. The molecule has 2 fully saturated rings. The Balaban J connectivity index is 1.40. The highest BCUT2D eigenvalue weighted by atomic mass is 19.1. The van der Waals surface area contributed by atoms with Crippen LogP contribution in [0.2, 0.25) is 0 Å². The van der Waals surface area contributed by atoms with Crippen molar-refractivity contribution in [3.63, 3.8) is 0 Å². The number of hydrogen-bond acceptors (Lipinski definition) is 4. The number of ether oxygens (including phenoxy) is 2. The lowest BCUT2D eigenvalue weighted by molar-refractivity contribution is -0.0338. The molecule has 152 valence electrons. The predicted molar refractivity (Wildman–Crippen MR) is 106 cm³/mol. The van der Waals surface area contributed by atoms with Crippen molar-refractivity contribution < 1.29 is 18.7 Å². The minimum absolute atomic E-state index is 0.103. The molecule has 0 spiro atoms. The Morgan fingerprint density at radius 1 is 1.07 bits per heavy atom. The summed E-state index contributed by atoms with van der Waals surface area (Å²) in [6.45, 7) is 1.92. The number of amides is 1. The van der Waals surface area contributed by atoms with E-state index in [4.69, 9.17) is 9.47 Å². The minimum Gasteiger partial charge on any atom is -0.446 e. The lowest BCUT2D eigenvalue weighted by atomic mass is 9.88. The second-order valence-electron chi connectivity index (χ2n) is 8.17. The smallest absolute Gasteiger partial charge is 0.410 e. The van der Waals surface area contributed by atoms with E-state index in [1.807, 2.05) is 12.1 Å². The van der Waals surface area contributed by atoms with Crippen LogP contribution >= 0.6 is 0 Å². The summed E-state index contributed by atoms with van der Waals surface area (Å²) in [4.78, 5) is 15.0. The molecule has 3 heterocycles. The maximum atomic E-state index is 13.5. The van der Waals surface area contributed by atoms with E-state index in [-0.39, 0.29) is 36.1 Å². The zero-order chi connectivity index (χ0) is 19.8. The molecular formula is C23H25FN2O3. The summed E-state index contributed by atoms with van der Waals surface area (Å²) < 4.78 is 25.1. The average Bonchev–Trinajstić information content (AvgIpc) is 2.73. The van der Waals surface area contributed by atoms with E-state index in [0.717, 1.165) is 30.4 Å². The Hall–Kier alpha value is -2.44. The van der Waals surface area contributed by atoms with Gasteiger partial charge >= 0.3 is 6.09 Å². The Kier molecular flexibility index (Phi) is 4.97. The maximum Gasteiger partial charge on any atom is 0.410 e. The molecule has 5 rings (SSSR count). The Morgan fingerprint density at radius 3 is 2.55 bits per heavy atom. The summed E-state index contributed by atoms with van der Waals surface area (Å²) in [7, 11) is 0. The van der Waals surface area contributed by atoms with Gasteiger partial charge in [0.25, 0.3) is 0 Å². The zero-order valence-electron chi connectivity index (χ0n) is 16.2. The fraction of sp³-hybridized carbons (Fsp3) is 0.435. The van der Waals surface area contributed by atoms with Crippen LogP contribution < -0.4 is 5.32 Å². The molecule has 3 unspecified atom stereocenters. The van der Waals surface area contributed by atoms with E-state index in [2.05, 4.69) is 17.4 Å². The van der Waals surface area contributed by atoms with Gasteiger partial charge in [-0.15, -0.1) is 0 Å². The molecule has 2 saturated heterocycles. The zero-order valence-corrected chi connectivity index (χ0v) is 16.2. The second-order valence-corrected chi connectivity index (χ2v) is 8.17. The maximum absolute atomic E-state index is 13.5. The summed E-state index contributed by atoms with van der Waals surface area (Å²) >= 11 is 0. The van der Waals surface area contributed by atoms with Gasteiger partial charge in [0.2, 0.25) is 0 Å². The summed E-state index contributed by atoms with van der Waals surface area (Å²) in [6, 6.07) is 14.8. The van der Waals surface area contributed by atoms with Gasteiger partial charge in [-0.3, -0.25) is 4.90 Å². The first-order chi connectivity index (χ1) is 14.2. The molecule has 2 aromatic rings. The van der Waals surface area contributed by atoms with Crippen LogP contribution in [-0.4, -0.2) is 48.9 Å². The van der Waals surface area contributed by atoms with Gasteiger partial charge in [-0.2, -0.15) is 0 Å². The van der Waals surface area contributed by atoms with Crippen LogP contribution in [0.15, 0.2) is 48.5 Å². The molecule has 0 aromatic heterocycles. The summed E-state index contributed by atoms with van der Waals surface area (Å²) in [6.07, 6.45) is 1.93. The Morgan fingerprint density at radius 2 is 1.79 bits per heavy atom. The van der Waals surface area contributed by atoms with E-state index in [9.17, 15) is 9.18 Å². The largest absolute Gasteiger partial charge is 0.446 e. The van der Waals surface area contributed by atoms with Crippen LogP contribution in [0.25, 0.3) is 0 Å². The molecule has 3 aliphatic rings. The number of piperidine rings is 1. The van der Waals surface area contributed by atoms with Crippen molar-refractivity contribution in [3.05, 3.63) is 71.0 Å². The first-order valence-corrected chi connectivity index (χ1v) is 10.3. The van der Waals surface area contributed by atoms with Crippen LogP contribution in [0.3, 0.4) is 0 Å². The van der Waals surface area contributed by atoms with Crippen LogP contribution in [0.1, 0.15) is 35.6 Å². The van der Waals surface area contributed by atoms with Crippen molar-refractivity contribution in [2.24, 2.45) is 0 Å². The van der Waals surface area contributed by atoms with Crippen LogP contribution in [-0.2, 0) is 15.9 Å². The van der Waals surface area contributed by atoms with Gasteiger partial charge in [0.15, 0.2) is 0 Å². The topological polar surface area (TPSA) is 50.8 Å². The van der Waals surface area contributed by atoms with E-state index < -0.39 is 0 Å². The van der Waals surface area contributed by atoms with Gasteiger partial charge in [0.1, 0.15) is 11.9 Å². The molecule has 29 heavy (non-hydrogen) atoms. The predicted octanol–water partition coefficient (Wildman–Crippen LogP) is 3.43. The number of rotatable bonds is 2. The number of nitrogens with one attached hydrogen (secondary N) is 1. The molecule has 5 nitrogen and oxygen atoms in total. The monoisotopic (exact) mass is 396 g/mol. The molecule has 1 amide bonds. The highest BCUT2D eigenvalue weighted by molar-refractivity contribution is 5.70. The molecular weight excluding hydrogens is 371 g/mol. The van der Waals surface area contributed by atoms with Gasteiger partial charge < -0.3 is 14.8 Å². The van der Waals surface area contributed by atoms with Crippen molar-refractivity contribution in [2.75, 3.05) is 19.8 Å². The molecule has 0 radical (unpaired) electrons. The molecule has 6 heteroatoms. The summed E-state index contributed by atoms with van der Waals surface area (Å²) in [5, 5.41) is 3.52. The number of carbonyl (C=O) groups excluding carboxylic acids is 1. The van der Waals surface area contributed by atoms with Crippen molar-refractivity contribution in [1.82, 2.24) is 10.2 Å². The van der Waals surface area contributed by atoms with Crippen molar-refractivity contribution in [1.29, 1.82) is 0 Å². The summed E-state index contributed by atoms with van der Waals surface area (Å²) in [5.41, 5.74) is 3.20. The SMILES string of the molecule is O=C(OC1CC2COC[C@H](C1)N2)N1CCc2ccccc2C1c1ccc(F)cc1. The van der Waals surface area contributed by atoms with Crippen molar-refractivity contribution >= 4 is 6.09 Å². The fourth-order valence-electron chi connectivity index (χ4n) is 4.86. The number of benzene rings is 2. The number of carbonyl (C=O) groups is 1. The third kappa shape index (κ3) is 3.74. The molecule has 0 aliphatic carbocycles. The number of fused-ring (bicyclic) bond motifs is 3. The quantitative estimate of drug-likeness (QED) is 0.845. The van der Waals surface area contributed by atoms with E-state index in [1.54, 1.807) is 17.0 Å². The molecule has 0 saturated carbocycles. The standard InChI is InChI=1S/C23H25FN2O3/c24-17-7-5-16(6-8-17)22-21-4-2-1-3-15(21)9-10-26(22)23(27)29-20-11-18-13-28-14-19(12-20)25-18/h1-8,18-20,22,25H,9-14H2/t18-,19?,20?,22?/m0/s1. The molecule has 4 atom stereocenters. The first kappa shape index (κ1) is 18.6. The Labute approximate surface area is 169 Å². The van der Waals surface area contributed by atoms with Crippen molar-refractivity contribution in [3.8, 4) is 0 Å². The third-order valence-corrected chi connectivity index (χ3v) is 6.18. The lowest BCUT2D eigenvalue weighted by Gasteiger charge is -2.41. The van der Waals surface area contributed by atoms with Crippen LogP contribution in [0.4, 0.5) is 9.18 Å². The molecule has 2 aromatic carbocycles. The van der Waals surface area contributed by atoms with E-state index >= 15 is 0 Å². The van der Waals surface area contributed by atoms with Gasteiger partial charge in [-0.1, -0.05) is 36.4 Å². The first-order valence-electron chi connectivity index (χ1n) is 10.3. The summed E-state index contributed by atoms with van der Waals surface area (Å²) in [5.74, 6) is -0.282. The van der Waals surface area contributed by atoms with Crippen molar-refractivity contribution in [2.45, 2.75) is 43.5 Å². The Bertz CT molecular complexity index is 876. The normalized spacial score (nSPS) is 28.5. The van der Waals surface area contributed by atoms with Crippen LogP contribution in [0, 0.1) is 5.82 Å². The van der Waals surface area contributed by atoms with E-state index in [0.29, 0.717) is 19.8 Å². The number of hydrogen-bond donors (Lipinski definition) is 1. The van der Waals surface area contributed by atoms with Gasteiger partial charge in [-0.05, 0) is 35.2 Å². The number of morpholine rings is 1. The highest BCUT2D eigenvalue weighted by Gasteiger charge is 2.37. The fourth-order valence-corrected chi connectivity index (χ4v) is 4.86. The van der Waals surface area contributed by atoms with Gasteiger partial charge in [-0.25, -0.2) is 9.18 Å². The van der Waals surface area contributed by atoms with E-state index in [1.165, 1.54) is 17.7 Å². The minimum atomic E-state index is -0.292. The lowest BCUT2D eigenvalue weighted by Crippen LogP contribution is -2.56. The van der Waals surface area contributed by atoms with Gasteiger partial charge in [0.05, 0.1) is 19.3 Å². The average molecular weight is 396 g/mol. The molecule has 1 N–H and O–H groups in total. The number of halogens is 1. The highest BCUT2D eigenvalue weighted by Crippen LogP contribution is 2.36.